The van der Waals surface area contributed by atoms with Crippen LogP contribution in [-0.2, 0) is 9.53 Å². The fraction of sp³-hybridized carbons (Fsp3) is 0.150. The van der Waals surface area contributed by atoms with Crippen molar-refractivity contribution < 1.29 is 9.53 Å². The first-order valence-electron chi connectivity index (χ1n) is 7.58. The van der Waals surface area contributed by atoms with Gasteiger partial charge in [-0.15, -0.1) is 11.3 Å². The molecule has 2 atom stereocenters. The van der Waals surface area contributed by atoms with Gasteiger partial charge in [0.25, 0.3) is 0 Å². The summed E-state index contributed by atoms with van der Waals surface area (Å²) in [5.74, 6) is -0.402. The van der Waals surface area contributed by atoms with Gasteiger partial charge >= 0.3 is 5.97 Å². The maximum absolute atomic E-state index is 12.1. The summed E-state index contributed by atoms with van der Waals surface area (Å²) in [4.78, 5) is 13.2. The third kappa shape index (κ3) is 2.37. The minimum absolute atomic E-state index is 0.109. The Bertz CT molecular complexity index is 872. The molecule has 0 aliphatic carbocycles. The molecule has 1 fully saturated rings. The van der Waals surface area contributed by atoms with Crippen LogP contribution < -0.4 is 0 Å². The number of aryl methyl sites for hydroxylation is 1. The van der Waals surface area contributed by atoms with E-state index in [1.54, 1.807) is 11.3 Å². The first kappa shape index (κ1) is 14.2. The highest BCUT2D eigenvalue weighted by atomic mass is 32.1. The van der Waals surface area contributed by atoms with Gasteiger partial charge in [0, 0.05) is 15.2 Å². The van der Waals surface area contributed by atoms with Crippen LogP contribution in [0.4, 0.5) is 0 Å². The van der Waals surface area contributed by atoms with Crippen molar-refractivity contribution >= 4 is 27.4 Å². The molecular weight excluding hydrogens is 304 g/mol. The molecule has 1 aromatic heterocycles. The minimum Gasteiger partial charge on any atom is -0.453 e. The fourth-order valence-corrected chi connectivity index (χ4v) is 4.29. The molecule has 0 radical (unpaired) electrons. The van der Waals surface area contributed by atoms with E-state index in [0.717, 1.165) is 10.4 Å². The number of benzene rings is 2. The van der Waals surface area contributed by atoms with Crippen LogP contribution in [0.3, 0.4) is 0 Å². The van der Waals surface area contributed by atoms with Gasteiger partial charge in [-0.1, -0.05) is 54.6 Å². The summed E-state index contributed by atoms with van der Waals surface area (Å²) in [6, 6.07) is 18.6. The number of carbonyl (C=O) groups excluding carboxylic acids is 1. The van der Waals surface area contributed by atoms with Gasteiger partial charge < -0.3 is 4.74 Å². The van der Waals surface area contributed by atoms with E-state index in [2.05, 4.69) is 24.8 Å². The largest absolute Gasteiger partial charge is 0.453 e. The Balaban J connectivity index is 1.80. The number of carbonyl (C=O) groups is 1. The van der Waals surface area contributed by atoms with Gasteiger partial charge in [-0.3, -0.25) is 0 Å². The predicted molar refractivity (Wildman–Crippen MR) is 93.7 cm³/mol. The van der Waals surface area contributed by atoms with Crippen molar-refractivity contribution in [1.82, 2.24) is 0 Å². The van der Waals surface area contributed by atoms with Crippen molar-refractivity contribution in [3.63, 3.8) is 0 Å². The molecule has 4 rings (SSSR count). The zero-order valence-electron chi connectivity index (χ0n) is 12.8. The fourth-order valence-electron chi connectivity index (χ4n) is 3.06. The number of fused-ring (bicyclic) bond motifs is 1. The van der Waals surface area contributed by atoms with E-state index in [1.807, 2.05) is 43.3 Å². The normalized spacial score (nSPS) is 20.9. The smallest absolute Gasteiger partial charge is 0.334 e. The molecular formula is C20H16O2S. The summed E-state index contributed by atoms with van der Waals surface area (Å²) >= 11 is 1.71. The number of ether oxygens (including phenoxy) is 1. The number of hydrogen-bond donors (Lipinski definition) is 0. The lowest BCUT2D eigenvalue weighted by Crippen LogP contribution is -2.05. The van der Waals surface area contributed by atoms with Gasteiger partial charge in [-0.05, 0) is 30.0 Å². The van der Waals surface area contributed by atoms with Crippen molar-refractivity contribution in [3.8, 4) is 0 Å². The summed E-state index contributed by atoms with van der Waals surface area (Å²) in [7, 11) is 0. The first-order chi connectivity index (χ1) is 11.1. The van der Waals surface area contributed by atoms with Gasteiger partial charge in [-0.2, -0.15) is 0 Å². The topological polar surface area (TPSA) is 26.3 Å². The maximum Gasteiger partial charge on any atom is 0.334 e. The molecule has 0 N–H and O–H groups in total. The summed E-state index contributed by atoms with van der Waals surface area (Å²) in [5.41, 5.74) is 2.75. The van der Waals surface area contributed by atoms with E-state index in [9.17, 15) is 4.79 Å². The minimum atomic E-state index is -0.293. The molecule has 0 spiro atoms. The first-order valence-corrected chi connectivity index (χ1v) is 8.40. The van der Waals surface area contributed by atoms with Crippen LogP contribution in [0.15, 0.2) is 66.7 Å². The van der Waals surface area contributed by atoms with Crippen LogP contribution in [0.5, 0.6) is 0 Å². The van der Waals surface area contributed by atoms with Gasteiger partial charge in [0.2, 0.25) is 0 Å². The van der Waals surface area contributed by atoms with E-state index >= 15 is 0 Å². The van der Waals surface area contributed by atoms with Crippen LogP contribution in [0.25, 0.3) is 10.1 Å². The molecule has 114 valence electrons. The van der Waals surface area contributed by atoms with Crippen LogP contribution in [0, 0.1) is 6.92 Å². The molecule has 0 bridgehead atoms. The molecule has 3 heteroatoms. The second-order valence-corrected chi connectivity index (χ2v) is 7.04. The highest BCUT2D eigenvalue weighted by Crippen LogP contribution is 2.48. The Morgan fingerprint density at radius 1 is 1.09 bits per heavy atom. The third-order valence-corrected chi connectivity index (χ3v) is 5.53. The van der Waals surface area contributed by atoms with Gasteiger partial charge in [-0.25, -0.2) is 4.79 Å². The molecule has 0 amide bonds. The summed E-state index contributed by atoms with van der Waals surface area (Å²) in [5, 5.41) is 1.20. The second kappa shape index (κ2) is 5.36. The van der Waals surface area contributed by atoms with Crippen LogP contribution in [0.1, 0.15) is 28.0 Å². The van der Waals surface area contributed by atoms with Crippen molar-refractivity contribution in [1.29, 1.82) is 0 Å². The Morgan fingerprint density at radius 2 is 1.83 bits per heavy atom. The average Bonchev–Trinajstić information content (AvgIpc) is 3.09. The van der Waals surface area contributed by atoms with Gasteiger partial charge in [0.05, 0.1) is 5.92 Å². The highest BCUT2D eigenvalue weighted by Gasteiger charge is 2.41. The third-order valence-electron chi connectivity index (χ3n) is 4.33. The highest BCUT2D eigenvalue weighted by molar-refractivity contribution is 7.19. The van der Waals surface area contributed by atoms with Crippen molar-refractivity contribution in [3.05, 3.63) is 82.8 Å². The van der Waals surface area contributed by atoms with Crippen molar-refractivity contribution in [2.45, 2.75) is 18.9 Å². The SMILES string of the molecule is C=C1C(=O)OC(c2ccc(C)cc2)C1c1cc2ccccc2s1. The molecule has 2 heterocycles. The van der Waals surface area contributed by atoms with Crippen LogP contribution in [0.2, 0.25) is 0 Å². The summed E-state index contributed by atoms with van der Waals surface area (Å²) in [6.07, 6.45) is -0.288. The Morgan fingerprint density at radius 3 is 2.57 bits per heavy atom. The average molecular weight is 320 g/mol. The Kier molecular flexibility index (Phi) is 3.31. The Hall–Kier alpha value is -2.39. The quantitative estimate of drug-likeness (QED) is 0.482. The van der Waals surface area contributed by atoms with Gasteiger partial charge in [0.15, 0.2) is 0 Å². The zero-order chi connectivity index (χ0) is 16.0. The molecule has 23 heavy (non-hydrogen) atoms. The molecule has 2 unspecified atom stereocenters. The molecule has 2 nitrogen and oxygen atoms in total. The zero-order valence-corrected chi connectivity index (χ0v) is 13.6. The molecule has 3 aromatic rings. The summed E-state index contributed by atoms with van der Waals surface area (Å²) < 4.78 is 6.85. The number of esters is 1. The predicted octanol–water partition coefficient (Wildman–Crippen LogP) is 5.15. The van der Waals surface area contributed by atoms with Gasteiger partial charge in [0.1, 0.15) is 6.10 Å². The lowest BCUT2D eigenvalue weighted by molar-refractivity contribution is -0.139. The molecule has 0 saturated carbocycles. The monoisotopic (exact) mass is 320 g/mol. The number of hydrogen-bond acceptors (Lipinski definition) is 3. The van der Waals surface area contributed by atoms with E-state index in [0.29, 0.717) is 5.57 Å². The van der Waals surface area contributed by atoms with E-state index in [4.69, 9.17) is 4.74 Å². The number of cyclic esters (lactones) is 1. The van der Waals surface area contributed by atoms with E-state index in [1.165, 1.54) is 15.6 Å². The molecule has 1 saturated heterocycles. The second-order valence-electron chi connectivity index (χ2n) is 5.93. The molecule has 1 aliphatic rings. The number of rotatable bonds is 2. The summed E-state index contributed by atoms with van der Waals surface area (Å²) in [6.45, 7) is 6.04. The van der Waals surface area contributed by atoms with Crippen LogP contribution >= 0.6 is 11.3 Å². The maximum atomic E-state index is 12.1. The number of thiophene rings is 1. The molecule has 1 aliphatic heterocycles. The standard InChI is InChI=1S/C20H16O2S/c1-12-7-9-14(10-8-12)19-18(13(2)20(21)22-19)17-11-15-5-3-4-6-16(15)23-17/h3-11,18-19H,2H2,1H3. The van der Waals surface area contributed by atoms with E-state index < -0.39 is 0 Å². The lowest BCUT2D eigenvalue weighted by Gasteiger charge is -2.17. The van der Waals surface area contributed by atoms with E-state index in [-0.39, 0.29) is 18.0 Å². The lowest BCUT2D eigenvalue weighted by atomic mass is 9.90. The Labute approximate surface area is 139 Å². The molecule has 2 aromatic carbocycles. The van der Waals surface area contributed by atoms with Crippen molar-refractivity contribution in [2.75, 3.05) is 0 Å². The van der Waals surface area contributed by atoms with Crippen LogP contribution in [-0.4, -0.2) is 5.97 Å². The van der Waals surface area contributed by atoms with Crippen molar-refractivity contribution in [2.24, 2.45) is 0 Å².